The van der Waals surface area contributed by atoms with Gasteiger partial charge < -0.3 is 15.5 Å². The van der Waals surface area contributed by atoms with Gasteiger partial charge in [0.05, 0.1) is 17.4 Å². The lowest BCUT2D eigenvalue weighted by Gasteiger charge is -2.32. The number of benzene rings is 1. The summed E-state index contributed by atoms with van der Waals surface area (Å²) in [5, 5.41) is 7.67. The van der Waals surface area contributed by atoms with E-state index in [9.17, 15) is 18.0 Å². The van der Waals surface area contributed by atoms with Gasteiger partial charge in [-0.1, -0.05) is 6.07 Å². The molecule has 0 radical (unpaired) electrons. The number of thiophene rings is 1. The monoisotopic (exact) mass is 500 g/mol. The summed E-state index contributed by atoms with van der Waals surface area (Å²) >= 11 is 1.58. The summed E-state index contributed by atoms with van der Waals surface area (Å²) in [4.78, 5) is 35.7. The molecule has 178 valence electrons. The molecular formula is C22H24N6O4S2. The number of nitrogens with one attached hydrogen (secondary N) is 3. The van der Waals surface area contributed by atoms with Crippen LogP contribution in [0, 0.1) is 5.92 Å². The molecule has 1 fully saturated rings. The van der Waals surface area contributed by atoms with Crippen molar-refractivity contribution >= 4 is 44.9 Å². The van der Waals surface area contributed by atoms with Crippen molar-refractivity contribution in [2.75, 3.05) is 23.1 Å². The van der Waals surface area contributed by atoms with Crippen LogP contribution in [0.15, 0.2) is 65.1 Å². The molecule has 1 atom stereocenters. The highest BCUT2D eigenvalue weighted by Gasteiger charge is 2.28. The van der Waals surface area contributed by atoms with Crippen molar-refractivity contribution in [3.8, 4) is 0 Å². The molecular weight excluding hydrogens is 476 g/mol. The molecule has 0 saturated carbocycles. The normalized spacial score (nSPS) is 16.0. The van der Waals surface area contributed by atoms with E-state index in [4.69, 9.17) is 0 Å². The van der Waals surface area contributed by atoms with Gasteiger partial charge in [0.15, 0.2) is 0 Å². The van der Waals surface area contributed by atoms with Gasteiger partial charge in [-0.2, -0.15) is 0 Å². The highest BCUT2D eigenvalue weighted by molar-refractivity contribution is 7.92. The zero-order valence-electron chi connectivity index (χ0n) is 18.2. The summed E-state index contributed by atoms with van der Waals surface area (Å²) in [7, 11) is -3.86. The van der Waals surface area contributed by atoms with Gasteiger partial charge in [-0.15, -0.1) is 11.3 Å². The molecule has 3 aromatic rings. The number of urea groups is 1. The van der Waals surface area contributed by atoms with Crippen LogP contribution >= 0.6 is 11.3 Å². The number of carbonyl (C=O) groups is 2. The zero-order valence-corrected chi connectivity index (χ0v) is 19.8. The third-order valence-electron chi connectivity index (χ3n) is 5.30. The lowest BCUT2D eigenvalue weighted by Crippen LogP contribution is -2.47. The fourth-order valence-corrected chi connectivity index (χ4v) is 5.16. The lowest BCUT2D eigenvalue weighted by molar-refractivity contribution is -0.121. The molecule has 0 aliphatic carbocycles. The van der Waals surface area contributed by atoms with Gasteiger partial charge in [-0.3, -0.25) is 4.79 Å². The highest BCUT2D eigenvalue weighted by atomic mass is 32.2. The number of carbonyl (C=O) groups excluding carboxylic acids is 2. The SMILES string of the molecule is O=C(Nc1ccc(S(=O)(=O)Nc2ncccn2)cc1)C1CCCN(C(=O)NCc2cccs2)C1. The van der Waals surface area contributed by atoms with Crippen LogP contribution in [0.2, 0.25) is 0 Å². The Labute approximate surface area is 201 Å². The number of nitrogens with zero attached hydrogens (tertiary/aromatic N) is 3. The number of likely N-dealkylation sites (tertiary alicyclic amines) is 1. The van der Waals surface area contributed by atoms with Crippen molar-refractivity contribution in [3.05, 3.63) is 65.1 Å². The summed E-state index contributed by atoms with van der Waals surface area (Å²) in [6, 6.07) is 11.1. The van der Waals surface area contributed by atoms with Gasteiger partial charge in [0.2, 0.25) is 11.9 Å². The molecule has 1 aliphatic heterocycles. The quantitative estimate of drug-likeness (QED) is 0.457. The molecule has 1 unspecified atom stereocenters. The van der Waals surface area contributed by atoms with Crippen LogP contribution in [-0.4, -0.2) is 48.3 Å². The second kappa shape index (κ2) is 10.6. The Morgan fingerprint density at radius 3 is 2.56 bits per heavy atom. The molecule has 3 N–H and O–H groups in total. The first-order valence-electron chi connectivity index (χ1n) is 10.7. The van der Waals surface area contributed by atoms with Gasteiger partial charge in [0.1, 0.15) is 0 Å². The molecule has 2 aromatic heterocycles. The Balaban J connectivity index is 1.31. The third kappa shape index (κ3) is 6.08. The van der Waals surface area contributed by atoms with Crippen molar-refractivity contribution in [1.82, 2.24) is 20.2 Å². The van der Waals surface area contributed by atoms with Crippen molar-refractivity contribution in [2.24, 2.45) is 5.92 Å². The van der Waals surface area contributed by atoms with E-state index in [0.29, 0.717) is 31.7 Å². The Hall–Kier alpha value is -3.51. The van der Waals surface area contributed by atoms with Crippen LogP contribution in [0.1, 0.15) is 17.7 Å². The zero-order chi connectivity index (χ0) is 24.0. The van der Waals surface area contributed by atoms with Gasteiger partial charge >= 0.3 is 6.03 Å². The fourth-order valence-electron chi connectivity index (χ4n) is 3.56. The van der Waals surface area contributed by atoms with Gasteiger partial charge in [-0.25, -0.2) is 27.9 Å². The van der Waals surface area contributed by atoms with Crippen molar-refractivity contribution in [2.45, 2.75) is 24.3 Å². The molecule has 3 amide bonds. The predicted molar refractivity (Wildman–Crippen MR) is 129 cm³/mol. The lowest BCUT2D eigenvalue weighted by atomic mass is 9.97. The Bertz CT molecular complexity index is 1220. The average Bonchev–Trinajstić information content (AvgIpc) is 3.37. The Morgan fingerprint density at radius 2 is 1.85 bits per heavy atom. The van der Waals surface area contributed by atoms with E-state index in [-0.39, 0.29) is 28.7 Å². The van der Waals surface area contributed by atoms with Crippen LogP contribution in [0.25, 0.3) is 0 Å². The van der Waals surface area contributed by atoms with Crippen molar-refractivity contribution in [1.29, 1.82) is 0 Å². The molecule has 12 heteroatoms. The second-order valence-corrected chi connectivity index (χ2v) is 10.4. The minimum absolute atomic E-state index is 0.0178. The maximum atomic E-state index is 12.8. The molecule has 1 saturated heterocycles. The molecule has 0 spiro atoms. The van der Waals surface area contributed by atoms with E-state index >= 15 is 0 Å². The van der Waals surface area contributed by atoms with Crippen molar-refractivity contribution in [3.63, 3.8) is 0 Å². The summed E-state index contributed by atoms with van der Waals surface area (Å²) in [5.41, 5.74) is 0.471. The minimum Gasteiger partial charge on any atom is -0.333 e. The Kier molecular flexibility index (Phi) is 7.38. The molecule has 1 aromatic carbocycles. The number of sulfonamides is 1. The van der Waals surface area contributed by atoms with E-state index in [2.05, 4.69) is 25.3 Å². The van der Waals surface area contributed by atoms with Gasteiger partial charge in [0, 0.05) is 36.0 Å². The maximum absolute atomic E-state index is 12.8. The molecule has 0 bridgehead atoms. The van der Waals surface area contributed by atoms with Crippen LogP contribution in [0.4, 0.5) is 16.4 Å². The van der Waals surface area contributed by atoms with Crippen LogP contribution in [0.3, 0.4) is 0 Å². The smallest absolute Gasteiger partial charge is 0.317 e. The predicted octanol–water partition coefficient (Wildman–Crippen LogP) is 2.90. The summed E-state index contributed by atoms with van der Waals surface area (Å²) in [6.07, 6.45) is 4.27. The third-order valence-corrected chi connectivity index (χ3v) is 7.52. The number of hydrogen-bond acceptors (Lipinski definition) is 7. The number of aromatic nitrogens is 2. The van der Waals surface area contributed by atoms with Gasteiger partial charge in [0.25, 0.3) is 10.0 Å². The first-order chi connectivity index (χ1) is 16.4. The fraction of sp³-hybridized carbons (Fsp3) is 0.273. The Morgan fingerprint density at radius 1 is 1.09 bits per heavy atom. The molecule has 1 aliphatic rings. The molecule has 4 rings (SSSR count). The summed E-state index contributed by atoms with van der Waals surface area (Å²) < 4.78 is 27.3. The van der Waals surface area contributed by atoms with Crippen LogP contribution in [0.5, 0.6) is 0 Å². The van der Waals surface area contributed by atoms with E-state index in [1.54, 1.807) is 22.3 Å². The summed E-state index contributed by atoms with van der Waals surface area (Å²) in [5.74, 6) is -0.579. The number of anilines is 2. The first-order valence-corrected chi connectivity index (χ1v) is 13.0. The molecule has 34 heavy (non-hydrogen) atoms. The van der Waals surface area contributed by atoms with Crippen LogP contribution in [-0.2, 0) is 21.4 Å². The van der Waals surface area contributed by atoms with Crippen LogP contribution < -0.4 is 15.4 Å². The number of hydrogen-bond donors (Lipinski definition) is 3. The first kappa shape index (κ1) is 23.6. The highest BCUT2D eigenvalue weighted by Crippen LogP contribution is 2.21. The standard InChI is InChI=1S/C22H24N6O4S2/c29-20(16-4-1-12-28(15-16)22(30)25-14-18-5-2-13-33-18)26-17-6-8-19(9-7-17)34(31,32)27-21-23-10-3-11-24-21/h2-3,5-11,13,16H,1,4,12,14-15H2,(H,25,30)(H,26,29)(H,23,24,27). The van der Waals surface area contributed by atoms with E-state index < -0.39 is 10.0 Å². The van der Waals surface area contributed by atoms with E-state index in [1.165, 1.54) is 36.7 Å². The minimum atomic E-state index is -3.86. The van der Waals surface area contributed by atoms with Gasteiger partial charge in [-0.05, 0) is 54.6 Å². The van der Waals surface area contributed by atoms with Crippen molar-refractivity contribution < 1.29 is 18.0 Å². The molecule has 10 nitrogen and oxygen atoms in total. The molecule has 3 heterocycles. The second-order valence-electron chi connectivity index (χ2n) is 7.71. The maximum Gasteiger partial charge on any atom is 0.317 e. The van der Waals surface area contributed by atoms with E-state index in [0.717, 1.165) is 11.3 Å². The topological polar surface area (TPSA) is 133 Å². The summed E-state index contributed by atoms with van der Waals surface area (Å²) in [6.45, 7) is 1.39. The van der Waals surface area contributed by atoms with E-state index in [1.807, 2.05) is 17.5 Å². The number of rotatable bonds is 7. The average molecular weight is 501 g/mol. The number of amides is 3. The number of piperidine rings is 1. The largest absolute Gasteiger partial charge is 0.333 e.